The standard InChI is InChI=1S/C19H28FN3O2.HI/c1-3-21-18(22-12-19(13-24)8-9-19)23-10-14(2)25-17(11-23)15-4-6-16(20)7-5-15;/h4-7,14,17,24H,3,8-13H2,1-2H3,(H,21,22);1H. The lowest BCUT2D eigenvalue weighted by atomic mass is 10.1. The zero-order chi connectivity index (χ0) is 17.9. The van der Waals surface area contributed by atoms with E-state index >= 15 is 0 Å². The van der Waals surface area contributed by atoms with Gasteiger partial charge in [-0.05, 0) is 44.4 Å². The van der Waals surface area contributed by atoms with Crippen molar-refractivity contribution in [3.63, 3.8) is 0 Å². The molecule has 1 saturated heterocycles. The highest BCUT2D eigenvalue weighted by molar-refractivity contribution is 14.0. The van der Waals surface area contributed by atoms with Gasteiger partial charge in [-0.3, -0.25) is 4.99 Å². The predicted octanol–water partition coefficient (Wildman–Crippen LogP) is 2.94. The maximum Gasteiger partial charge on any atom is 0.194 e. The predicted molar refractivity (Wildman–Crippen MR) is 111 cm³/mol. The Labute approximate surface area is 172 Å². The first-order valence-electron chi connectivity index (χ1n) is 9.10. The van der Waals surface area contributed by atoms with Crippen molar-refractivity contribution in [3.05, 3.63) is 35.6 Å². The van der Waals surface area contributed by atoms with Crippen LogP contribution in [-0.4, -0.2) is 54.9 Å². The fourth-order valence-corrected chi connectivity index (χ4v) is 3.20. The maximum absolute atomic E-state index is 13.2. The zero-order valence-electron chi connectivity index (χ0n) is 15.4. The summed E-state index contributed by atoms with van der Waals surface area (Å²) >= 11 is 0. The number of nitrogens with one attached hydrogen (secondary N) is 1. The Hall–Kier alpha value is -0.930. The Morgan fingerprint density at radius 1 is 1.35 bits per heavy atom. The second-order valence-electron chi connectivity index (χ2n) is 7.22. The lowest BCUT2D eigenvalue weighted by Gasteiger charge is -2.39. The van der Waals surface area contributed by atoms with Gasteiger partial charge in [-0.25, -0.2) is 4.39 Å². The fraction of sp³-hybridized carbons (Fsp3) is 0.632. The average Bonchev–Trinajstić information content (AvgIpc) is 3.39. The number of ether oxygens (including phenoxy) is 1. The summed E-state index contributed by atoms with van der Waals surface area (Å²) in [6.45, 7) is 7.17. The third-order valence-electron chi connectivity index (χ3n) is 4.99. The Morgan fingerprint density at radius 2 is 2.04 bits per heavy atom. The molecule has 7 heteroatoms. The van der Waals surface area contributed by atoms with E-state index in [1.165, 1.54) is 12.1 Å². The molecule has 2 aliphatic rings. The van der Waals surface area contributed by atoms with Crippen LogP contribution in [0.1, 0.15) is 38.4 Å². The molecular formula is C19H29FIN3O2. The molecule has 1 heterocycles. The minimum absolute atomic E-state index is 0. The molecule has 2 fully saturated rings. The van der Waals surface area contributed by atoms with E-state index < -0.39 is 0 Å². The number of hydrogen-bond donors (Lipinski definition) is 2. The zero-order valence-corrected chi connectivity index (χ0v) is 17.8. The summed E-state index contributed by atoms with van der Waals surface area (Å²) in [6.07, 6.45) is 2.04. The second kappa shape index (κ2) is 9.32. The molecule has 146 valence electrons. The number of morpholine rings is 1. The Kier molecular flexibility index (Phi) is 7.66. The highest BCUT2D eigenvalue weighted by Gasteiger charge is 2.42. The lowest BCUT2D eigenvalue weighted by molar-refractivity contribution is -0.0605. The third kappa shape index (κ3) is 5.29. The smallest absolute Gasteiger partial charge is 0.194 e. The lowest BCUT2D eigenvalue weighted by Crippen LogP contribution is -2.51. The molecule has 26 heavy (non-hydrogen) atoms. The van der Waals surface area contributed by atoms with Gasteiger partial charge >= 0.3 is 0 Å². The highest BCUT2D eigenvalue weighted by atomic mass is 127. The minimum atomic E-state index is -0.238. The van der Waals surface area contributed by atoms with Crippen LogP contribution in [0.5, 0.6) is 0 Å². The van der Waals surface area contributed by atoms with Crippen molar-refractivity contribution in [2.24, 2.45) is 10.4 Å². The summed E-state index contributed by atoms with van der Waals surface area (Å²) in [6, 6.07) is 6.51. The summed E-state index contributed by atoms with van der Waals surface area (Å²) in [5.41, 5.74) is 0.970. The van der Waals surface area contributed by atoms with Crippen LogP contribution in [0.25, 0.3) is 0 Å². The summed E-state index contributed by atoms with van der Waals surface area (Å²) in [7, 11) is 0. The number of guanidine groups is 1. The molecule has 1 saturated carbocycles. The van der Waals surface area contributed by atoms with Crippen molar-refractivity contribution in [2.45, 2.75) is 38.9 Å². The quantitative estimate of drug-likeness (QED) is 0.389. The van der Waals surface area contributed by atoms with Crippen molar-refractivity contribution in [1.29, 1.82) is 0 Å². The van der Waals surface area contributed by atoms with Crippen LogP contribution >= 0.6 is 24.0 Å². The van der Waals surface area contributed by atoms with Gasteiger partial charge < -0.3 is 20.1 Å². The molecule has 1 aromatic rings. The second-order valence-corrected chi connectivity index (χ2v) is 7.22. The molecule has 0 radical (unpaired) electrons. The molecule has 2 unspecified atom stereocenters. The van der Waals surface area contributed by atoms with Crippen LogP contribution in [0.15, 0.2) is 29.3 Å². The Balaban J connectivity index is 0.00000243. The van der Waals surface area contributed by atoms with E-state index in [2.05, 4.69) is 17.1 Å². The van der Waals surface area contributed by atoms with Crippen molar-refractivity contribution in [3.8, 4) is 0 Å². The summed E-state index contributed by atoms with van der Waals surface area (Å²) < 4.78 is 19.2. The fourth-order valence-electron chi connectivity index (χ4n) is 3.20. The molecule has 0 bridgehead atoms. The van der Waals surface area contributed by atoms with Gasteiger partial charge in [0.05, 0.1) is 25.8 Å². The molecule has 1 aromatic carbocycles. The van der Waals surface area contributed by atoms with E-state index in [0.717, 1.165) is 37.5 Å². The SMILES string of the molecule is CCNC(=NCC1(CO)CC1)N1CC(C)OC(c2ccc(F)cc2)C1.I. The van der Waals surface area contributed by atoms with Gasteiger partial charge in [0.25, 0.3) is 0 Å². The molecule has 3 rings (SSSR count). The van der Waals surface area contributed by atoms with Crippen LogP contribution in [0, 0.1) is 11.2 Å². The minimum Gasteiger partial charge on any atom is -0.396 e. The molecule has 1 aliphatic heterocycles. The van der Waals surface area contributed by atoms with Gasteiger partial charge in [-0.15, -0.1) is 24.0 Å². The number of aliphatic imine (C=N–C) groups is 1. The first-order chi connectivity index (χ1) is 12.0. The van der Waals surface area contributed by atoms with Gasteiger partial charge in [0.15, 0.2) is 5.96 Å². The number of aliphatic hydroxyl groups is 1. The average molecular weight is 477 g/mol. The number of rotatable bonds is 5. The number of benzene rings is 1. The van der Waals surface area contributed by atoms with Crippen LogP contribution in [-0.2, 0) is 4.74 Å². The van der Waals surface area contributed by atoms with Gasteiger partial charge in [-0.1, -0.05) is 12.1 Å². The molecule has 2 atom stereocenters. The number of nitrogens with zero attached hydrogens (tertiary/aromatic N) is 2. The molecule has 0 aromatic heterocycles. The first-order valence-corrected chi connectivity index (χ1v) is 9.10. The van der Waals surface area contributed by atoms with E-state index in [9.17, 15) is 9.50 Å². The van der Waals surface area contributed by atoms with Gasteiger partial charge in [-0.2, -0.15) is 0 Å². The molecule has 5 nitrogen and oxygen atoms in total. The monoisotopic (exact) mass is 477 g/mol. The summed E-state index contributed by atoms with van der Waals surface area (Å²) in [5, 5.41) is 12.9. The molecule has 1 aliphatic carbocycles. The molecular weight excluding hydrogens is 448 g/mol. The van der Waals surface area contributed by atoms with E-state index in [-0.39, 0.29) is 54.0 Å². The van der Waals surface area contributed by atoms with E-state index in [4.69, 9.17) is 9.73 Å². The van der Waals surface area contributed by atoms with Crippen molar-refractivity contribution in [1.82, 2.24) is 10.2 Å². The van der Waals surface area contributed by atoms with E-state index in [0.29, 0.717) is 13.1 Å². The third-order valence-corrected chi connectivity index (χ3v) is 4.99. The van der Waals surface area contributed by atoms with Crippen LogP contribution in [0.2, 0.25) is 0 Å². The molecule has 2 N–H and O–H groups in total. The largest absolute Gasteiger partial charge is 0.396 e. The van der Waals surface area contributed by atoms with E-state index in [1.54, 1.807) is 12.1 Å². The topological polar surface area (TPSA) is 57.1 Å². The van der Waals surface area contributed by atoms with Crippen LogP contribution < -0.4 is 5.32 Å². The maximum atomic E-state index is 13.2. The normalized spacial score (nSPS) is 24.8. The summed E-state index contributed by atoms with van der Waals surface area (Å²) in [4.78, 5) is 6.98. The molecule has 0 amide bonds. The number of halogens is 2. The first kappa shape index (κ1) is 21.4. The highest BCUT2D eigenvalue weighted by Crippen LogP contribution is 2.45. The van der Waals surface area contributed by atoms with Crippen molar-refractivity contribution >= 4 is 29.9 Å². The van der Waals surface area contributed by atoms with Gasteiger partial charge in [0.1, 0.15) is 11.9 Å². The Bertz CT molecular complexity index is 607. The van der Waals surface area contributed by atoms with Gasteiger partial charge in [0.2, 0.25) is 0 Å². The molecule has 0 spiro atoms. The number of aliphatic hydroxyl groups excluding tert-OH is 1. The van der Waals surface area contributed by atoms with Crippen molar-refractivity contribution in [2.75, 3.05) is 32.8 Å². The van der Waals surface area contributed by atoms with E-state index in [1.807, 2.05) is 6.92 Å². The van der Waals surface area contributed by atoms with Gasteiger partial charge in [0, 0.05) is 18.5 Å². The summed E-state index contributed by atoms with van der Waals surface area (Å²) in [5.74, 6) is 0.627. The van der Waals surface area contributed by atoms with Crippen LogP contribution in [0.3, 0.4) is 0 Å². The number of hydrogen-bond acceptors (Lipinski definition) is 3. The van der Waals surface area contributed by atoms with Crippen LogP contribution in [0.4, 0.5) is 4.39 Å². The Morgan fingerprint density at radius 3 is 2.62 bits per heavy atom. The van der Waals surface area contributed by atoms with Crippen molar-refractivity contribution < 1.29 is 14.2 Å².